The van der Waals surface area contributed by atoms with Crippen LogP contribution in [0.5, 0.6) is 0 Å². The van der Waals surface area contributed by atoms with Gasteiger partial charge in [-0.15, -0.1) is 0 Å². The summed E-state index contributed by atoms with van der Waals surface area (Å²) in [5.74, 6) is -0.294. The molecule has 8 nitrogen and oxygen atoms in total. The maximum atomic E-state index is 14.7. The molecule has 2 aromatic heterocycles. The highest BCUT2D eigenvalue weighted by atomic mass is 32.2. The lowest BCUT2D eigenvalue weighted by molar-refractivity contribution is 0.168. The molecule has 1 aliphatic rings. The van der Waals surface area contributed by atoms with Gasteiger partial charge in [-0.3, -0.25) is 14.4 Å². The van der Waals surface area contributed by atoms with Crippen molar-refractivity contribution in [3.63, 3.8) is 0 Å². The zero-order valence-corrected chi connectivity index (χ0v) is 17.7. The molecule has 0 aliphatic heterocycles. The summed E-state index contributed by atoms with van der Waals surface area (Å²) in [5.41, 5.74) is 3.13. The predicted molar refractivity (Wildman–Crippen MR) is 114 cm³/mol. The number of nitrogens with zero attached hydrogens (tertiary/aromatic N) is 3. The molecular formula is C21H22FN5O3S. The Kier molecular flexibility index (Phi) is 6.10. The van der Waals surface area contributed by atoms with Gasteiger partial charge in [-0.05, 0) is 67.1 Å². The Morgan fingerprint density at radius 3 is 2.77 bits per heavy atom. The van der Waals surface area contributed by atoms with Crippen molar-refractivity contribution in [2.75, 3.05) is 5.32 Å². The largest absolute Gasteiger partial charge is 0.391 e. The molecule has 2 heterocycles. The fourth-order valence-corrected chi connectivity index (χ4v) is 4.41. The van der Waals surface area contributed by atoms with Gasteiger partial charge in [-0.2, -0.15) is 5.10 Å². The molecule has 10 heteroatoms. The molecule has 31 heavy (non-hydrogen) atoms. The molecule has 2 atom stereocenters. The van der Waals surface area contributed by atoms with E-state index >= 15 is 0 Å². The van der Waals surface area contributed by atoms with Crippen LogP contribution in [0.1, 0.15) is 24.5 Å². The standard InChI is InChI=1S/C21H22FN5O3S/c1-13(28)12-27-10-7-19(25-27)31(30)26-21(29)24-20-16-4-2-3-15(16)18(22)11-17(20)14-5-8-23-9-6-14/h5-11,13,28H,2-4,12H2,1H3,(H2,24,26,29). The average molecular weight is 444 g/mol. The first kappa shape index (κ1) is 21.1. The molecule has 0 saturated heterocycles. The van der Waals surface area contributed by atoms with Crippen LogP contribution in [0.4, 0.5) is 14.9 Å². The van der Waals surface area contributed by atoms with Crippen LogP contribution in [0, 0.1) is 5.82 Å². The summed E-state index contributed by atoms with van der Waals surface area (Å²) >= 11 is 0. The van der Waals surface area contributed by atoms with E-state index in [4.69, 9.17) is 0 Å². The number of fused-ring (bicyclic) bond motifs is 1. The van der Waals surface area contributed by atoms with Gasteiger partial charge >= 0.3 is 6.03 Å². The molecular weight excluding hydrogens is 421 g/mol. The Labute approximate surface area is 181 Å². The first-order valence-electron chi connectivity index (χ1n) is 9.88. The maximum absolute atomic E-state index is 14.7. The molecule has 0 fully saturated rings. The second-order valence-corrected chi connectivity index (χ2v) is 8.54. The number of aliphatic hydroxyl groups is 1. The number of hydrogen-bond acceptors (Lipinski definition) is 5. The molecule has 3 aromatic rings. The molecule has 0 radical (unpaired) electrons. The van der Waals surface area contributed by atoms with Crippen LogP contribution in [-0.2, 0) is 30.4 Å². The van der Waals surface area contributed by atoms with E-state index in [1.807, 2.05) is 0 Å². The Balaban J connectivity index is 1.57. The van der Waals surface area contributed by atoms with Gasteiger partial charge in [0.1, 0.15) is 5.82 Å². The number of rotatable bonds is 6. The quantitative estimate of drug-likeness (QED) is 0.543. The average Bonchev–Trinajstić information content (AvgIpc) is 3.40. The third kappa shape index (κ3) is 4.64. The third-order valence-corrected chi connectivity index (χ3v) is 5.99. The van der Waals surface area contributed by atoms with Crippen molar-refractivity contribution in [1.29, 1.82) is 0 Å². The number of pyridine rings is 1. The third-order valence-electron chi connectivity index (χ3n) is 5.02. The van der Waals surface area contributed by atoms with E-state index in [1.165, 1.54) is 16.8 Å². The van der Waals surface area contributed by atoms with Crippen molar-refractivity contribution in [2.45, 2.75) is 43.9 Å². The number of aliphatic hydroxyl groups excluding tert-OH is 1. The minimum atomic E-state index is -1.89. The summed E-state index contributed by atoms with van der Waals surface area (Å²) in [6.45, 7) is 1.87. The Morgan fingerprint density at radius 2 is 2.03 bits per heavy atom. The fraction of sp³-hybridized carbons (Fsp3) is 0.286. The summed E-state index contributed by atoms with van der Waals surface area (Å²) in [6.07, 6.45) is 6.23. The summed E-state index contributed by atoms with van der Waals surface area (Å²) < 4.78 is 31.0. The van der Waals surface area contributed by atoms with Crippen LogP contribution in [0.3, 0.4) is 0 Å². The van der Waals surface area contributed by atoms with Crippen LogP contribution in [0.25, 0.3) is 11.1 Å². The number of carbonyl (C=O) groups is 1. The summed E-state index contributed by atoms with van der Waals surface area (Å²) in [5, 5.41) is 16.5. The van der Waals surface area contributed by atoms with Crippen LogP contribution < -0.4 is 10.0 Å². The highest BCUT2D eigenvalue weighted by molar-refractivity contribution is 7.83. The number of anilines is 1. The lowest BCUT2D eigenvalue weighted by atomic mass is 9.97. The van der Waals surface area contributed by atoms with Crippen molar-refractivity contribution in [3.05, 3.63) is 59.8 Å². The van der Waals surface area contributed by atoms with Crippen LogP contribution in [-0.4, -0.2) is 36.2 Å². The van der Waals surface area contributed by atoms with Crippen LogP contribution in [0.15, 0.2) is 47.9 Å². The maximum Gasteiger partial charge on any atom is 0.331 e. The van der Waals surface area contributed by atoms with E-state index in [2.05, 4.69) is 20.1 Å². The van der Waals surface area contributed by atoms with E-state index in [-0.39, 0.29) is 17.4 Å². The van der Waals surface area contributed by atoms with Gasteiger partial charge in [0.25, 0.3) is 0 Å². The van der Waals surface area contributed by atoms with E-state index < -0.39 is 23.1 Å². The van der Waals surface area contributed by atoms with Gasteiger partial charge in [0.05, 0.1) is 18.3 Å². The Hall–Kier alpha value is -3.11. The topological polar surface area (TPSA) is 109 Å². The fourth-order valence-electron chi connectivity index (χ4n) is 3.72. The Bertz CT molecular complexity index is 1130. The molecule has 0 spiro atoms. The number of hydrogen-bond donors (Lipinski definition) is 3. The van der Waals surface area contributed by atoms with Gasteiger partial charge in [-0.1, -0.05) is 0 Å². The second kappa shape index (κ2) is 8.94. The highest BCUT2D eigenvalue weighted by Crippen LogP contribution is 2.39. The zero-order valence-electron chi connectivity index (χ0n) is 16.8. The van der Waals surface area contributed by atoms with E-state index in [9.17, 15) is 18.5 Å². The number of aromatic nitrogens is 3. The summed E-state index contributed by atoms with van der Waals surface area (Å²) in [4.78, 5) is 16.6. The van der Waals surface area contributed by atoms with Gasteiger partial charge in [0, 0.05) is 24.2 Å². The van der Waals surface area contributed by atoms with Crippen molar-refractivity contribution < 1.29 is 18.5 Å². The van der Waals surface area contributed by atoms with Gasteiger partial charge in [0.2, 0.25) is 0 Å². The molecule has 162 valence electrons. The van der Waals surface area contributed by atoms with Crippen molar-refractivity contribution >= 4 is 22.7 Å². The number of halogens is 1. The molecule has 1 aliphatic carbocycles. The molecule has 0 bridgehead atoms. The van der Waals surface area contributed by atoms with Gasteiger partial charge in [-0.25, -0.2) is 13.4 Å². The molecule has 4 rings (SSSR count). The lowest BCUT2D eigenvalue weighted by Crippen LogP contribution is -2.31. The second-order valence-electron chi connectivity index (χ2n) is 7.38. The number of urea groups is 1. The van der Waals surface area contributed by atoms with E-state index in [0.717, 1.165) is 17.5 Å². The molecule has 0 saturated carbocycles. The van der Waals surface area contributed by atoms with Crippen molar-refractivity contribution in [2.24, 2.45) is 0 Å². The SMILES string of the molecule is CC(O)Cn1ccc(S(=O)NC(=O)Nc2c(-c3ccncc3)cc(F)c3c2CCC3)n1. The molecule has 2 amide bonds. The Morgan fingerprint density at radius 1 is 1.29 bits per heavy atom. The van der Waals surface area contributed by atoms with Crippen LogP contribution in [0.2, 0.25) is 0 Å². The normalized spacial score (nSPS) is 14.7. The van der Waals surface area contributed by atoms with E-state index in [1.54, 1.807) is 37.6 Å². The monoisotopic (exact) mass is 443 g/mol. The van der Waals surface area contributed by atoms with Gasteiger partial charge in [0.15, 0.2) is 16.0 Å². The minimum absolute atomic E-state index is 0.162. The number of benzene rings is 1. The number of amides is 2. The molecule has 1 aromatic carbocycles. The van der Waals surface area contributed by atoms with E-state index in [0.29, 0.717) is 29.7 Å². The van der Waals surface area contributed by atoms with Crippen LogP contribution >= 0.6 is 0 Å². The number of nitrogens with one attached hydrogen (secondary N) is 2. The molecule has 2 unspecified atom stereocenters. The number of carbonyl (C=O) groups excluding carboxylic acids is 1. The zero-order chi connectivity index (χ0) is 22.0. The lowest BCUT2D eigenvalue weighted by Gasteiger charge is -2.17. The van der Waals surface area contributed by atoms with Crippen molar-refractivity contribution in [1.82, 2.24) is 19.5 Å². The van der Waals surface area contributed by atoms with Gasteiger partial charge < -0.3 is 10.4 Å². The smallest absolute Gasteiger partial charge is 0.331 e. The molecule has 3 N–H and O–H groups in total. The predicted octanol–water partition coefficient (Wildman–Crippen LogP) is 2.80. The first-order chi connectivity index (χ1) is 14.9. The highest BCUT2D eigenvalue weighted by Gasteiger charge is 2.24. The first-order valence-corrected chi connectivity index (χ1v) is 11.0. The summed E-state index contributed by atoms with van der Waals surface area (Å²) in [7, 11) is -1.89. The minimum Gasteiger partial charge on any atom is -0.391 e. The van der Waals surface area contributed by atoms with Crippen molar-refractivity contribution in [3.8, 4) is 11.1 Å². The summed E-state index contributed by atoms with van der Waals surface area (Å²) in [6, 6.07) is 5.73.